The Morgan fingerprint density at radius 1 is 0.667 bits per heavy atom. The fraction of sp³-hybridized carbons (Fsp3) is 0.317. The molecular formula is C41H44INO2. The number of rotatable bonds is 15. The van der Waals surface area contributed by atoms with E-state index in [1.807, 2.05) is 12.1 Å². The van der Waals surface area contributed by atoms with Gasteiger partial charge in [0.05, 0.1) is 4.92 Å². The van der Waals surface area contributed by atoms with E-state index in [4.69, 9.17) is 0 Å². The van der Waals surface area contributed by atoms with Gasteiger partial charge in [0.1, 0.15) is 0 Å². The lowest BCUT2D eigenvalue weighted by Gasteiger charge is -2.34. The van der Waals surface area contributed by atoms with Crippen molar-refractivity contribution in [2.45, 2.75) is 83.5 Å². The fourth-order valence-corrected chi connectivity index (χ4v) is 7.34. The zero-order valence-corrected chi connectivity index (χ0v) is 28.8. The third-order valence-corrected chi connectivity index (χ3v) is 9.98. The van der Waals surface area contributed by atoms with Gasteiger partial charge in [-0.2, -0.15) is 0 Å². The molecule has 4 aromatic rings. The molecule has 0 fully saturated rings. The Kier molecular flexibility index (Phi) is 11.4. The van der Waals surface area contributed by atoms with Gasteiger partial charge in [0.25, 0.3) is 5.69 Å². The first-order valence-corrected chi connectivity index (χ1v) is 17.7. The van der Waals surface area contributed by atoms with Crippen LogP contribution in [-0.2, 0) is 5.41 Å². The minimum absolute atomic E-state index is 0.0314. The predicted molar refractivity (Wildman–Crippen MR) is 200 cm³/mol. The molecule has 0 atom stereocenters. The predicted octanol–water partition coefficient (Wildman–Crippen LogP) is 12.7. The first-order valence-electron chi connectivity index (χ1n) is 16.6. The highest BCUT2D eigenvalue weighted by molar-refractivity contribution is 14.1. The third-order valence-electron chi connectivity index (χ3n) is 9.26. The van der Waals surface area contributed by atoms with Crippen molar-refractivity contribution >= 4 is 52.6 Å². The highest BCUT2D eigenvalue weighted by Crippen LogP contribution is 2.57. The summed E-state index contributed by atoms with van der Waals surface area (Å²) in [6.07, 6.45) is 21.2. The summed E-state index contributed by atoms with van der Waals surface area (Å²) in [7, 11) is 0. The maximum atomic E-state index is 11.2. The summed E-state index contributed by atoms with van der Waals surface area (Å²) in [6.45, 7) is 4.58. The molecule has 5 rings (SSSR count). The van der Waals surface area contributed by atoms with Crippen LogP contribution in [0.4, 0.5) is 5.69 Å². The second-order valence-corrected chi connectivity index (χ2v) is 13.6. The second-order valence-electron chi connectivity index (χ2n) is 12.3. The van der Waals surface area contributed by atoms with E-state index < -0.39 is 0 Å². The maximum Gasteiger partial charge on any atom is 0.269 e. The summed E-state index contributed by atoms with van der Waals surface area (Å²) in [5.41, 5.74) is 10.4. The van der Waals surface area contributed by atoms with Crippen molar-refractivity contribution in [2.24, 2.45) is 0 Å². The lowest BCUT2D eigenvalue weighted by atomic mass is 9.69. The van der Waals surface area contributed by atoms with Gasteiger partial charge in [0.15, 0.2) is 0 Å². The number of nitro groups is 1. The lowest BCUT2D eigenvalue weighted by Crippen LogP contribution is -2.26. The number of nitro benzene ring substituents is 1. The number of unbranched alkanes of at least 4 members (excludes halogenated alkanes) is 6. The molecule has 1 aliphatic carbocycles. The summed E-state index contributed by atoms with van der Waals surface area (Å²) in [5, 5.41) is 11.2. The van der Waals surface area contributed by atoms with Gasteiger partial charge in [-0.3, -0.25) is 10.1 Å². The Morgan fingerprint density at radius 3 is 1.82 bits per heavy atom. The monoisotopic (exact) mass is 709 g/mol. The highest BCUT2D eigenvalue weighted by atomic mass is 127. The molecule has 0 aromatic heterocycles. The minimum atomic E-state index is -0.347. The third kappa shape index (κ3) is 7.66. The van der Waals surface area contributed by atoms with E-state index in [1.54, 1.807) is 12.1 Å². The topological polar surface area (TPSA) is 43.1 Å². The molecular weight excluding hydrogens is 665 g/mol. The van der Waals surface area contributed by atoms with Crippen LogP contribution in [-0.4, -0.2) is 4.92 Å². The summed E-state index contributed by atoms with van der Waals surface area (Å²) in [5.74, 6) is 0. The average Bonchev–Trinajstić information content (AvgIpc) is 3.35. The zero-order chi connectivity index (χ0) is 31.6. The normalized spacial score (nSPS) is 13.4. The van der Waals surface area contributed by atoms with Crippen LogP contribution in [0.2, 0.25) is 0 Å². The molecule has 0 unspecified atom stereocenters. The molecule has 0 aliphatic heterocycles. The van der Waals surface area contributed by atoms with Crippen LogP contribution in [0.5, 0.6) is 0 Å². The maximum absolute atomic E-state index is 11.2. The van der Waals surface area contributed by atoms with Crippen LogP contribution >= 0.6 is 22.6 Å². The van der Waals surface area contributed by atoms with Gasteiger partial charge in [0, 0.05) is 21.1 Å². The van der Waals surface area contributed by atoms with Crippen molar-refractivity contribution in [3.05, 3.63) is 132 Å². The number of fused-ring (bicyclic) bond motifs is 3. The molecule has 0 spiro atoms. The zero-order valence-electron chi connectivity index (χ0n) is 26.6. The number of nitrogens with zero attached hydrogens (tertiary/aromatic N) is 1. The second kappa shape index (κ2) is 15.7. The standard InChI is InChI=1S/C41H44INO2/c1-3-5-7-11-29-41(30-12-8-6-4-2)38-14-10-9-13-37(38)39-33(21-15-32-19-27-36(28-20-32)43(44)45)23-24-34(40(39)41)22-16-31-17-25-35(42)26-18-31/h9-10,13-28H,3-8,11-12,29-30H2,1-2H3/b21-15+,22-16+. The summed E-state index contributed by atoms with van der Waals surface area (Å²) in [6, 6.07) is 29.2. The lowest BCUT2D eigenvalue weighted by molar-refractivity contribution is -0.384. The van der Waals surface area contributed by atoms with Crippen molar-refractivity contribution in [1.82, 2.24) is 0 Å². The van der Waals surface area contributed by atoms with E-state index in [1.165, 1.54) is 93.9 Å². The van der Waals surface area contributed by atoms with Crippen LogP contribution < -0.4 is 0 Å². The van der Waals surface area contributed by atoms with Gasteiger partial charge in [-0.1, -0.05) is 138 Å². The van der Waals surface area contributed by atoms with Gasteiger partial charge >= 0.3 is 0 Å². The van der Waals surface area contributed by atoms with E-state index in [0.29, 0.717) is 0 Å². The number of benzene rings is 4. The molecule has 0 bridgehead atoms. The minimum Gasteiger partial charge on any atom is -0.258 e. The molecule has 0 radical (unpaired) electrons. The van der Waals surface area contributed by atoms with E-state index in [0.717, 1.165) is 18.4 Å². The smallest absolute Gasteiger partial charge is 0.258 e. The SMILES string of the molecule is CCCCCCC1(CCCCCC)c2ccccc2-c2c(/C=C/c3ccc([N+](=O)[O-])cc3)ccc(/C=C/c3ccc(I)cc3)c21. The average molecular weight is 710 g/mol. The summed E-state index contributed by atoms with van der Waals surface area (Å²) < 4.78 is 1.24. The number of hydrogen-bond donors (Lipinski definition) is 0. The molecule has 0 heterocycles. The van der Waals surface area contributed by atoms with E-state index >= 15 is 0 Å². The van der Waals surface area contributed by atoms with Crippen LogP contribution in [0.1, 0.15) is 111 Å². The summed E-state index contributed by atoms with van der Waals surface area (Å²) in [4.78, 5) is 10.8. The van der Waals surface area contributed by atoms with Crippen LogP contribution in [0.15, 0.2) is 84.9 Å². The van der Waals surface area contributed by atoms with Crippen molar-refractivity contribution in [3.8, 4) is 11.1 Å². The first kappa shape index (κ1) is 32.9. The molecule has 0 saturated carbocycles. The van der Waals surface area contributed by atoms with Crippen molar-refractivity contribution < 1.29 is 4.92 Å². The Labute approximate surface area is 282 Å². The fourth-order valence-electron chi connectivity index (χ4n) is 6.98. The molecule has 0 amide bonds. The molecule has 3 nitrogen and oxygen atoms in total. The van der Waals surface area contributed by atoms with Crippen LogP contribution in [0.3, 0.4) is 0 Å². The van der Waals surface area contributed by atoms with Crippen molar-refractivity contribution in [3.63, 3.8) is 0 Å². The molecule has 45 heavy (non-hydrogen) atoms. The summed E-state index contributed by atoms with van der Waals surface area (Å²) >= 11 is 2.36. The Morgan fingerprint density at radius 2 is 1.22 bits per heavy atom. The Bertz CT molecular complexity index is 1640. The molecule has 4 heteroatoms. The highest BCUT2D eigenvalue weighted by Gasteiger charge is 2.44. The van der Waals surface area contributed by atoms with E-state index in [2.05, 4.69) is 121 Å². The molecule has 4 aromatic carbocycles. The molecule has 0 N–H and O–H groups in total. The Hall–Kier alpha value is -3.51. The van der Waals surface area contributed by atoms with Crippen molar-refractivity contribution in [2.75, 3.05) is 0 Å². The molecule has 0 saturated heterocycles. The Balaban J connectivity index is 1.66. The molecule has 1 aliphatic rings. The first-order chi connectivity index (χ1) is 22.0. The van der Waals surface area contributed by atoms with Gasteiger partial charge < -0.3 is 0 Å². The van der Waals surface area contributed by atoms with Crippen LogP contribution in [0, 0.1) is 13.7 Å². The van der Waals surface area contributed by atoms with Crippen molar-refractivity contribution in [1.29, 1.82) is 0 Å². The number of hydrogen-bond acceptors (Lipinski definition) is 2. The number of non-ortho nitro benzene ring substituents is 1. The molecule has 232 valence electrons. The van der Waals surface area contributed by atoms with Gasteiger partial charge in [-0.05, 0) is 104 Å². The van der Waals surface area contributed by atoms with E-state index in [9.17, 15) is 10.1 Å². The van der Waals surface area contributed by atoms with E-state index in [-0.39, 0.29) is 16.0 Å². The quantitative estimate of drug-likeness (QED) is 0.0405. The largest absolute Gasteiger partial charge is 0.269 e. The van der Waals surface area contributed by atoms with Crippen LogP contribution in [0.25, 0.3) is 35.4 Å². The van der Waals surface area contributed by atoms with Gasteiger partial charge in [-0.15, -0.1) is 0 Å². The number of halogens is 1. The van der Waals surface area contributed by atoms with Gasteiger partial charge in [0.2, 0.25) is 0 Å². The van der Waals surface area contributed by atoms with Gasteiger partial charge in [-0.25, -0.2) is 0 Å².